The smallest absolute Gasteiger partial charge is 0.111 e. The molecule has 136 valence electrons. The van der Waals surface area contributed by atoms with Gasteiger partial charge >= 0.3 is 0 Å². The van der Waals surface area contributed by atoms with E-state index in [4.69, 9.17) is 4.74 Å². The largest absolute Gasteiger partial charge is 0.394 e. The van der Waals surface area contributed by atoms with Gasteiger partial charge in [0.15, 0.2) is 0 Å². The summed E-state index contributed by atoms with van der Waals surface area (Å²) in [6.07, 6.45) is 6.03. The van der Waals surface area contributed by atoms with Gasteiger partial charge in [-0.3, -0.25) is 4.90 Å². The molecule has 1 aromatic carbocycles. The summed E-state index contributed by atoms with van der Waals surface area (Å²) < 4.78 is 7.35. The molecular weight excluding hydrogens is 366 g/mol. The standard InChI is InChI=1S/C20H32BrNO2/c1-4-5-6-7-8-19-22(13-15(2)3)20(18(14-23)24-19)16-9-11-17(21)12-10-16/h9-12,15,18-20,23H,4-8,13-14H2,1-3H3/t18-,19+,20+/m0/s1. The first-order valence-electron chi connectivity index (χ1n) is 9.34. The zero-order valence-electron chi connectivity index (χ0n) is 15.2. The van der Waals surface area contributed by atoms with Crippen molar-refractivity contribution < 1.29 is 9.84 Å². The van der Waals surface area contributed by atoms with Crippen LogP contribution in [0.25, 0.3) is 0 Å². The molecule has 1 N–H and O–H groups in total. The first-order valence-corrected chi connectivity index (χ1v) is 10.1. The van der Waals surface area contributed by atoms with Gasteiger partial charge in [-0.2, -0.15) is 0 Å². The van der Waals surface area contributed by atoms with Crippen LogP contribution in [0.15, 0.2) is 28.7 Å². The Labute approximate surface area is 155 Å². The molecule has 0 aliphatic carbocycles. The van der Waals surface area contributed by atoms with Crippen LogP contribution in [0.2, 0.25) is 0 Å². The van der Waals surface area contributed by atoms with Crippen molar-refractivity contribution in [1.29, 1.82) is 0 Å². The van der Waals surface area contributed by atoms with Crippen LogP contribution >= 0.6 is 15.9 Å². The Morgan fingerprint density at radius 2 is 1.88 bits per heavy atom. The molecule has 2 rings (SSSR count). The fourth-order valence-electron chi connectivity index (χ4n) is 3.59. The first kappa shape index (κ1) is 19.9. The summed E-state index contributed by atoms with van der Waals surface area (Å²) in [5.74, 6) is 0.571. The van der Waals surface area contributed by atoms with E-state index in [-0.39, 0.29) is 25.0 Å². The number of rotatable bonds is 9. The molecule has 4 heteroatoms. The van der Waals surface area contributed by atoms with Crippen molar-refractivity contribution in [3.63, 3.8) is 0 Å². The number of unbranched alkanes of at least 4 members (excludes halogenated alkanes) is 3. The fraction of sp³-hybridized carbons (Fsp3) is 0.700. The van der Waals surface area contributed by atoms with Crippen molar-refractivity contribution in [1.82, 2.24) is 4.90 Å². The molecule has 24 heavy (non-hydrogen) atoms. The minimum absolute atomic E-state index is 0.0702. The van der Waals surface area contributed by atoms with Gasteiger partial charge in [0.25, 0.3) is 0 Å². The van der Waals surface area contributed by atoms with Gasteiger partial charge in [0.1, 0.15) is 12.3 Å². The third kappa shape index (κ3) is 5.29. The lowest BCUT2D eigenvalue weighted by molar-refractivity contribution is -0.0256. The maximum Gasteiger partial charge on any atom is 0.111 e. The molecule has 0 radical (unpaired) electrons. The van der Waals surface area contributed by atoms with Crippen molar-refractivity contribution in [2.24, 2.45) is 5.92 Å². The predicted molar refractivity (Wildman–Crippen MR) is 103 cm³/mol. The molecule has 0 bridgehead atoms. The summed E-state index contributed by atoms with van der Waals surface area (Å²) >= 11 is 3.51. The Kier molecular flexibility index (Phi) is 8.21. The maximum atomic E-state index is 9.87. The van der Waals surface area contributed by atoms with Crippen LogP contribution < -0.4 is 0 Å². The van der Waals surface area contributed by atoms with Gasteiger partial charge in [0.05, 0.1) is 12.6 Å². The molecule has 1 aromatic rings. The normalized spacial score (nSPS) is 24.8. The monoisotopic (exact) mass is 397 g/mol. The van der Waals surface area contributed by atoms with Crippen LogP contribution in [0, 0.1) is 5.92 Å². The summed E-state index contributed by atoms with van der Waals surface area (Å²) in [6, 6.07) is 8.58. The van der Waals surface area contributed by atoms with Gasteiger partial charge in [0.2, 0.25) is 0 Å². The molecule has 1 heterocycles. The van der Waals surface area contributed by atoms with E-state index in [1.807, 2.05) is 0 Å². The highest BCUT2D eigenvalue weighted by atomic mass is 79.9. The lowest BCUT2D eigenvalue weighted by atomic mass is 9.99. The predicted octanol–water partition coefficient (Wildman–Crippen LogP) is 5.14. The number of benzene rings is 1. The molecule has 3 nitrogen and oxygen atoms in total. The first-order chi connectivity index (χ1) is 11.6. The van der Waals surface area contributed by atoms with Crippen LogP contribution in [-0.2, 0) is 4.74 Å². The third-order valence-corrected chi connectivity index (χ3v) is 5.21. The number of ether oxygens (including phenoxy) is 1. The van der Waals surface area contributed by atoms with Crippen molar-refractivity contribution in [2.75, 3.05) is 13.2 Å². The average Bonchev–Trinajstić information content (AvgIpc) is 2.89. The third-order valence-electron chi connectivity index (χ3n) is 4.68. The Balaban J connectivity index is 2.15. The van der Waals surface area contributed by atoms with Crippen LogP contribution in [0.4, 0.5) is 0 Å². The summed E-state index contributed by atoms with van der Waals surface area (Å²) in [6.45, 7) is 7.80. The van der Waals surface area contributed by atoms with Crippen LogP contribution in [-0.4, -0.2) is 35.5 Å². The Morgan fingerprint density at radius 1 is 1.17 bits per heavy atom. The van der Waals surface area contributed by atoms with E-state index in [2.05, 4.69) is 65.9 Å². The van der Waals surface area contributed by atoms with Gasteiger partial charge in [-0.1, -0.05) is 68.1 Å². The van der Waals surface area contributed by atoms with Gasteiger partial charge in [0, 0.05) is 11.0 Å². The van der Waals surface area contributed by atoms with Crippen LogP contribution in [0.3, 0.4) is 0 Å². The molecule has 0 unspecified atom stereocenters. The van der Waals surface area contributed by atoms with E-state index >= 15 is 0 Å². The molecule has 0 saturated carbocycles. The second kappa shape index (κ2) is 9.91. The minimum Gasteiger partial charge on any atom is -0.394 e. The second-order valence-corrected chi connectivity index (χ2v) is 8.16. The number of halogens is 1. The average molecular weight is 398 g/mol. The molecule has 1 aliphatic heterocycles. The van der Waals surface area contributed by atoms with Crippen LogP contribution in [0.5, 0.6) is 0 Å². The quantitative estimate of drug-likeness (QED) is 0.585. The molecule has 1 aliphatic rings. The molecule has 3 atom stereocenters. The lowest BCUT2D eigenvalue weighted by Gasteiger charge is -2.30. The van der Waals surface area contributed by atoms with Gasteiger partial charge in [-0.05, 0) is 36.5 Å². The highest BCUT2D eigenvalue weighted by Gasteiger charge is 2.42. The van der Waals surface area contributed by atoms with Crippen molar-refractivity contribution in [3.8, 4) is 0 Å². The number of hydrogen-bond acceptors (Lipinski definition) is 3. The number of aliphatic hydroxyl groups is 1. The highest BCUT2D eigenvalue weighted by molar-refractivity contribution is 9.10. The van der Waals surface area contributed by atoms with E-state index < -0.39 is 0 Å². The summed E-state index contributed by atoms with van der Waals surface area (Å²) in [4.78, 5) is 2.47. The minimum atomic E-state index is -0.138. The Hall–Kier alpha value is -0.420. The highest BCUT2D eigenvalue weighted by Crippen LogP contribution is 2.38. The topological polar surface area (TPSA) is 32.7 Å². The second-order valence-electron chi connectivity index (χ2n) is 7.25. The van der Waals surface area contributed by atoms with Gasteiger partial charge < -0.3 is 9.84 Å². The van der Waals surface area contributed by atoms with E-state index in [9.17, 15) is 5.11 Å². The molecule has 0 spiro atoms. The Bertz CT molecular complexity index is 477. The zero-order chi connectivity index (χ0) is 17.5. The van der Waals surface area contributed by atoms with E-state index in [0.29, 0.717) is 5.92 Å². The lowest BCUT2D eigenvalue weighted by Crippen LogP contribution is -2.36. The van der Waals surface area contributed by atoms with Gasteiger partial charge in [-0.15, -0.1) is 0 Å². The van der Waals surface area contributed by atoms with Gasteiger partial charge in [-0.25, -0.2) is 0 Å². The summed E-state index contributed by atoms with van der Waals surface area (Å²) in [5, 5.41) is 9.87. The molecule has 1 saturated heterocycles. The van der Waals surface area contributed by atoms with Crippen molar-refractivity contribution >= 4 is 15.9 Å². The number of nitrogens with zero attached hydrogens (tertiary/aromatic N) is 1. The summed E-state index contributed by atoms with van der Waals surface area (Å²) in [7, 11) is 0. The van der Waals surface area contributed by atoms with E-state index in [1.54, 1.807) is 0 Å². The van der Waals surface area contributed by atoms with E-state index in [0.717, 1.165) is 17.4 Å². The number of aliphatic hydroxyl groups excluding tert-OH is 1. The SMILES string of the molecule is CCCCCC[C@H]1O[C@@H](CO)[C@@H](c2ccc(Br)cc2)N1CC(C)C. The summed E-state index contributed by atoms with van der Waals surface area (Å²) in [5.41, 5.74) is 1.23. The van der Waals surface area contributed by atoms with Crippen LogP contribution in [0.1, 0.15) is 64.5 Å². The van der Waals surface area contributed by atoms with Crippen molar-refractivity contribution in [3.05, 3.63) is 34.3 Å². The maximum absolute atomic E-state index is 9.87. The number of hydrogen-bond donors (Lipinski definition) is 1. The molecular formula is C20H32BrNO2. The molecule has 0 aromatic heterocycles. The van der Waals surface area contributed by atoms with Crippen molar-refractivity contribution in [2.45, 2.75) is 71.2 Å². The zero-order valence-corrected chi connectivity index (χ0v) is 16.8. The molecule has 1 fully saturated rings. The fourth-order valence-corrected chi connectivity index (χ4v) is 3.85. The Morgan fingerprint density at radius 3 is 2.46 bits per heavy atom. The molecule has 0 amide bonds. The van der Waals surface area contributed by atoms with E-state index in [1.165, 1.54) is 31.2 Å².